The minimum Gasteiger partial charge on any atom is -0.481 e. The number of aromatic nitrogens is 2. The molecule has 0 aromatic carbocycles. The van der Waals surface area contributed by atoms with Crippen molar-refractivity contribution in [2.45, 2.75) is 39.7 Å². The lowest BCUT2D eigenvalue weighted by Gasteiger charge is -2.25. The van der Waals surface area contributed by atoms with Crippen LogP contribution in [0.2, 0.25) is 0 Å². The van der Waals surface area contributed by atoms with Gasteiger partial charge in [0.2, 0.25) is 0 Å². The van der Waals surface area contributed by atoms with Gasteiger partial charge < -0.3 is 15.4 Å². The minimum absolute atomic E-state index is 0.190. The van der Waals surface area contributed by atoms with Crippen molar-refractivity contribution in [2.24, 2.45) is 5.41 Å². The van der Waals surface area contributed by atoms with Gasteiger partial charge in [-0.05, 0) is 11.8 Å². The molecule has 8 heteroatoms. The van der Waals surface area contributed by atoms with Crippen LogP contribution in [0.15, 0.2) is 15.8 Å². The summed E-state index contributed by atoms with van der Waals surface area (Å²) in [5, 5.41) is 11.4. The van der Waals surface area contributed by atoms with Gasteiger partial charge in [-0.3, -0.25) is 19.4 Å². The molecule has 0 spiro atoms. The van der Waals surface area contributed by atoms with E-state index in [1.165, 1.54) is 0 Å². The van der Waals surface area contributed by atoms with Crippen molar-refractivity contribution in [3.8, 4) is 0 Å². The molecule has 0 aliphatic heterocycles. The van der Waals surface area contributed by atoms with Crippen molar-refractivity contribution in [1.82, 2.24) is 15.3 Å². The Labute approximate surface area is 120 Å². The van der Waals surface area contributed by atoms with Gasteiger partial charge in [0.25, 0.3) is 11.5 Å². The number of rotatable bonds is 5. The third-order valence-electron chi connectivity index (χ3n) is 2.68. The van der Waals surface area contributed by atoms with Crippen molar-refractivity contribution in [1.29, 1.82) is 0 Å². The fraction of sp³-hybridized carbons (Fsp3) is 0.538. The standard InChI is InChI=1S/C13H19N3O5/c1-13(2,3)5-7(4-9(17)18)15-10(19)8-6-14-12(21)16-11(8)20/h6-7H,4-5H2,1-3H3,(H,15,19)(H,17,18)(H2,14,16,20,21). The molecule has 1 unspecified atom stereocenters. The molecule has 0 aliphatic rings. The molecule has 1 rings (SSSR count). The molecule has 116 valence electrons. The Morgan fingerprint density at radius 1 is 1.33 bits per heavy atom. The zero-order chi connectivity index (χ0) is 16.2. The number of carbonyl (C=O) groups is 2. The number of aromatic amines is 2. The predicted molar refractivity (Wildman–Crippen MR) is 75.3 cm³/mol. The van der Waals surface area contributed by atoms with Gasteiger partial charge in [0.15, 0.2) is 0 Å². The molecule has 1 atom stereocenters. The normalized spacial score (nSPS) is 12.7. The van der Waals surface area contributed by atoms with Crippen LogP contribution < -0.4 is 16.6 Å². The van der Waals surface area contributed by atoms with Gasteiger partial charge in [0.1, 0.15) is 5.56 Å². The average molecular weight is 297 g/mol. The van der Waals surface area contributed by atoms with Gasteiger partial charge >= 0.3 is 11.7 Å². The van der Waals surface area contributed by atoms with Crippen LogP contribution in [-0.2, 0) is 4.79 Å². The summed E-state index contributed by atoms with van der Waals surface area (Å²) in [6.07, 6.45) is 1.20. The topological polar surface area (TPSA) is 132 Å². The molecule has 21 heavy (non-hydrogen) atoms. The van der Waals surface area contributed by atoms with Gasteiger partial charge in [0, 0.05) is 12.2 Å². The molecule has 0 radical (unpaired) electrons. The number of aliphatic carboxylic acids is 1. The molecule has 0 saturated carbocycles. The Balaban J connectivity index is 2.91. The third-order valence-corrected chi connectivity index (χ3v) is 2.68. The Kier molecular flexibility index (Phi) is 5.07. The highest BCUT2D eigenvalue weighted by Gasteiger charge is 2.24. The lowest BCUT2D eigenvalue weighted by molar-refractivity contribution is -0.137. The van der Waals surface area contributed by atoms with E-state index >= 15 is 0 Å². The Morgan fingerprint density at radius 2 is 1.95 bits per heavy atom. The Morgan fingerprint density at radius 3 is 2.43 bits per heavy atom. The summed E-state index contributed by atoms with van der Waals surface area (Å²) in [5.74, 6) is -1.76. The van der Waals surface area contributed by atoms with Gasteiger partial charge in [-0.2, -0.15) is 0 Å². The largest absolute Gasteiger partial charge is 0.481 e. The van der Waals surface area contributed by atoms with Crippen molar-refractivity contribution in [3.63, 3.8) is 0 Å². The maximum absolute atomic E-state index is 12.0. The molecule has 1 aromatic rings. The number of carbonyl (C=O) groups excluding carboxylic acids is 1. The average Bonchev–Trinajstić information content (AvgIpc) is 2.24. The zero-order valence-corrected chi connectivity index (χ0v) is 12.1. The highest BCUT2D eigenvalue weighted by Crippen LogP contribution is 2.22. The quantitative estimate of drug-likeness (QED) is 0.610. The van der Waals surface area contributed by atoms with E-state index in [0.29, 0.717) is 6.42 Å². The van der Waals surface area contributed by atoms with E-state index in [2.05, 4.69) is 10.3 Å². The number of hydrogen-bond acceptors (Lipinski definition) is 4. The van der Waals surface area contributed by atoms with Crippen LogP contribution in [0.4, 0.5) is 0 Å². The summed E-state index contributed by atoms with van der Waals surface area (Å²) in [4.78, 5) is 49.4. The van der Waals surface area contributed by atoms with Crippen LogP contribution in [0, 0.1) is 5.41 Å². The lowest BCUT2D eigenvalue weighted by atomic mass is 9.87. The molecular formula is C13H19N3O5. The van der Waals surface area contributed by atoms with Crippen molar-refractivity contribution in [2.75, 3.05) is 0 Å². The van der Waals surface area contributed by atoms with Gasteiger partial charge in [-0.1, -0.05) is 20.8 Å². The van der Waals surface area contributed by atoms with Crippen LogP contribution in [0.3, 0.4) is 0 Å². The van der Waals surface area contributed by atoms with E-state index in [-0.39, 0.29) is 17.4 Å². The minimum atomic E-state index is -1.04. The van der Waals surface area contributed by atoms with E-state index in [1.807, 2.05) is 25.8 Å². The molecule has 1 aromatic heterocycles. The fourth-order valence-electron chi connectivity index (χ4n) is 1.97. The summed E-state index contributed by atoms with van der Waals surface area (Å²) in [5.41, 5.74) is -1.99. The first kappa shape index (κ1) is 16.7. The van der Waals surface area contributed by atoms with Gasteiger partial charge in [0.05, 0.1) is 6.42 Å². The second-order valence-corrected chi connectivity index (χ2v) is 6.02. The molecule has 1 heterocycles. The van der Waals surface area contributed by atoms with Crippen molar-refractivity contribution in [3.05, 3.63) is 32.6 Å². The van der Waals surface area contributed by atoms with Crippen LogP contribution >= 0.6 is 0 Å². The number of carboxylic acids is 1. The monoisotopic (exact) mass is 297 g/mol. The SMILES string of the molecule is CC(C)(C)CC(CC(=O)O)NC(=O)c1c[nH]c(=O)[nH]c1=O. The lowest BCUT2D eigenvalue weighted by Crippen LogP contribution is -2.41. The molecule has 1 amide bonds. The summed E-state index contributed by atoms with van der Waals surface area (Å²) in [6, 6.07) is -0.610. The Bertz CT molecular complexity index is 638. The number of nitrogens with one attached hydrogen (secondary N) is 3. The van der Waals surface area contributed by atoms with Crippen LogP contribution in [0.25, 0.3) is 0 Å². The van der Waals surface area contributed by atoms with E-state index in [1.54, 1.807) is 0 Å². The van der Waals surface area contributed by atoms with E-state index in [4.69, 9.17) is 5.11 Å². The molecule has 0 saturated heterocycles. The molecular weight excluding hydrogens is 278 g/mol. The first-order chi connectivity index (χ1) is 9.58. The second kappa shape index (κ2) is 6.38. The molecule has 0 aliphatic carbocycles. The first-order valence-electron chi connectivity index (χ1n) is 6.43. The third kappa shape index (κ3) is 5.64. The van der Waals surface area contributed by atoms with Crippen LogP contribution in [0.5, 0.6) is 0 Å². The fourth-order valence-corrected chi connectivity index (χ4v) is 1.97. The number of amides is 1. The molecule has 4 N–H and O–H groups in total. The van der Waals surface area contributed by atoms with Crippen LogP contribution in [0.1, 0.15) is 44.0 Å². The van der Waals surface area contributed by atoms with E-state index in [0.717, 1.165) is 6.20 Å². The maximum Gasteiger partial charge on any atom is 0.325 e. The molecule has 8 nitrogen and oxygen atoms in total. The van der Waals surface area contributed by atoms with Gasteiger partial charge in [-0.25, -0.2) is 4.79 Å². The highest BCUT2D eigenvalue weighted by atomic mass is 16.4. The van der Waals surface area contributed by atoms with Crippen LogP contribution in [-0.4, -0.2) is 33.0 Å². The summed E-state index contributed by atoms with van der Waals surface area (Å²) in [6.45, 7) is 5.75. The van der Waals surface area contributed by atoms with E-state index < -0.39 is 29.2 Å². The highest BCUT2D eigenvalue weighted by molar-refractivity contribution is 5.93. The van der Waals surface area contributed by atoms with Crippen molar-refractivity contribution >= 4 is 11.9 Å². The summed E-state index contributed by atoms with van der Waals surface area (Å²) in [7, 11) is 0. The zero-order valence-electron chi connectivity index (χ0n) is 12.1. The number of H-pyrrole nitrogens is 2. The maximum atomic E-state index is 12.0. The predicted octanol–water partition coefficient (Wildman–Crippen LogP) is 0.0725. The molecule has 0 fully saturated rings. The molecule has 0 bridgehead atoms. The van der Waals surface area contributed by atoms with Gasteiger partial charge in [-0.15, -0.1) is 0 Å². The summed E-state index contributed by atoms with van der Waals surface area (Å²) < 4.78 is 0. The number of carboxylic acid groups (broad SMARTS) is 1. The van der Waals surface area contributed by atoms with Crippen molar-refractivity contribution < 1.29 is 14.7 Å². The number of hydrogen-bond donors (Lipinski definition) is 4. The smallest absolute Gasteiger partial charge is 0.325 e. The van der Waals surface area contributed by atoms with E-state index in [9.17, 15) is 19.2 Å². The first-order valence-corrected chi connectivity index (χ1v) is 6.43. The second-order valence-electron chi connectivity index (χ2n) is 6.02. The Hall–Kier alpha value is -2.38. The summed E-state index contributed by atoms with van der Waals surface area (Å²) >= 11 is 0.